The zero-order valence-corrected chi connectivity index (χ0v) is 14.2. The molecule has 0 heterocycles. The summed E-state index contributed by atoms with van der Waals surface area (Å²) in [5.74, 6) is 1.67. The third-order valence-electron chi connectivity index (χ3n) is 3.67. The van der Waals surface area contributed by atoms with Gasteiger partial charge in [0.05, 0.1) is 20.3 Å². The molecule has 4 nitrogen and oxygen atoms in total. The first-order valence-electron chi connectivity index (χ1n) is 7.20. The van der Waals surface area contributed by atoms with Gasteiger partial charge >= 0.3 is 0 Å². The van der Waals surface area contributed by atoms with Crippen molar-refractivity contribution >= 4 is 5.78 Å². The van der Waals surface area contributed by atoms with E-state index in [9.17, 15) is 4.79 Å². The molecule has 1 rings (SSSR count). The van der Waals surface area contributed by atoms with Gasteiger partial charge in [0.2, 0.25) is 0 Å². The van der Waals surface area contributed by atoms with Gasteiger partial charge in [-0.05, 0) is 37.0 Å². The van der Waals surface area contributed by atoms with Gasteiger partial charge in [0.15, 0.2) is 0 Å². The van der Waals surface area contributed by atoms with Crippen LogP contribution < -0.4 is 14.8 Å². The average Bonchev–Trinajstić information content (AvgIpc) is 2.42. The Hall–Kier alpha value is -1.55. The first kappa shape index (κ1) is 17.5. The predicted molar refractivity (Wildman–Crippen MR) is 85.2 cm³/mol. The highest BCUT2D eigenvalue weighted by atomic mass is 16.5. The second-order valence-corrected chi connectivity index (χ2v) is 6.32. The van der Waals surface area contributed by atoms with Gasteiger partial charge in [-0.3, -0.25) is 4.79 Å². The van der Waals surface area contributed by atoms with E-state index in [4.69, 9.17) is 9.47 Å². The minimum Gasteiger partial charge on any atom is -0.496 e. The summed E-state index contributed by atoms with van der Waals surface area (Å²) >= 11 is 0. The van der Waals surface area contributed by atoms with Gasteiger partial charge in [0.1, 0.15) is 17.3 Å². The molecule has 0 saturated heterocycles. The summed E-state index contributed by atoms with van der Waals surface area (Å²) in [6.07, 6.45) is 0. The first-order chi connectivity index (χ1) is 9.70. The Balaban J connectivity index is 3.15. The molecule has 0 aromatic heterocycles. The highest BCUT2D eigenvalue weighted by molar-refractivity contribution is 5.80. The summed E-state index contributed by atoms with van der Waals surface area (Å²) in [6.45, 7) is 10.4. The Morgan fingerprint density at radius 3 is 2.00 bits per heavy atom. The molecule has 1 aromatic rings. The molecule has 0 aliphatic carbocycles. The standard InChI is InChI=1S/C17H27NO3/c1-11(12(2)19)18-10-14-15(20-6)8-13(17(3,4)5)9-16(14)21-7/h8-9,11,18H,10H2,1-7H3/t11-/m0/s1. The predicted octanol–water partition coefficient (Wildman–Crippen LogP) is 3.07. The Kier molecular flexibility index (Phi) is 5.78. The number of methoxy groups -OCH3 is 2. The van der Waals surface area contributed by atoms with Crippen molar-refractivity contribution in [2.75, 3.05) is 14.2 Å². The van der Waals surface area contributed by atoms with Crippen molar-refractivity contribution in [2.45, 2.75) is 52.6 Å². The summed E-state index contributed by atoms with van der Waals surface area (Å²) in [4.78, 5) is 11.3. The molecule has 1 atom stereocenters. The molecule has 0 fully saturated rings. The van der Waals surface area contributed by atoms with Crippen LogP contribution in [0.15, 0.2) is 12.1 Å². The van der Waals surface area contributed by atoms with Crippen LogP contribution in [-0.4, -0.2) is 26.0 Å². The van der Waals surface area contributed by atoms with Gasteiger partial charge in [-0.2, -0.15) is 0 Å². The minimum absolute atomic E-state index is 0.0131. The molecular formula is C17H27NO3. The fourth-order valence-corrected chi connectivity index (χ4v) is 1.99. The normalized spacial score (nSPS) is 12.9. The maximum Gasteiger partial charge on any atom is 0.146 e. The zero-order valence-electron chi connectivity index (χ0n) is 14.2. The molecule has 0 spiro atoms. The van der Waals surface area contributed by atoms with E-state index >= 15 is 0 Å². The quantitative estimate of drug-likeness (QED) is 0.875. The van der Waals surface area contributed by atoms with Crippen molar-refractivity contribution in [3.05, 3.63) is 23.3 Å². The number of carbonyl (C=O) groups excluding carboxylic acids is 1. The number of nitrogens with one attached hydrogen (secondary N) is 1. The smallest absolute Gasteiger partial charge is 0.146 e. The third-order valence-corrected chi connectivity index (χ3v) is 3.67. The number of ketones is 1. The fraction of sp³-hybridized carbons (Fsp3) is 0.588. The van der Waals surface area contributed by atoms with Crippen molar-refractivity contribution in [3.63, 3.8) is 0 Å². The largest absolute Gasteiger partial charge is 0.496 e. The second-order valence-electron chi connectivity index (χ2n) is 6.32. The molecule has 4 heteroatoms. The maximum atomic E-state index is 11.3. The molecule has 0 radical (unpaired) electrons. The summed E-state index contributed by atoms with van der Waals surface area (Å²) < 4.78 is 11.0. The third kappa shape index (κ3) is 4.46. The van der Waals surface area contributed by atoms with Crippen LogP contribution in [0.1, 0.15) is 45.7 Å². The molecule has 0 aliphatic rings. The van der Waals surface area contributed by atoms with E-state index in [0.717, 1.165) is 22.6 Å². The van der Waals surface area contributed by atoms with E-state index in [2.05, 4.69) is 26.1 Å². The Morgan fingerprint density at radius 1 is 1.19 bits per heavy atom. The Bertz CT molecular complexity index is 478. The number of Topliss-reactive ketones (excluding diaryl/α,β-unsaturated/α-hetero) is 1. The van der Waals surface area contributed by atoms with Crippen LogP contribution in [0.5, 0.6) is 11.5 Å². The zero-order chi connectivity index (χ0) is 16.2. The Morgan fingerprint density at radius 2 is 1.67 bits per heavy atom. The van der Waals surface area contributed by atoms with Crippen molar-refractivity contribution in [1.29, 1.82) is 0 Å². The number of ether oxygens (including phenoxy) is 2. The molecule has 0 unspecified atom stereocenters. The van der Waals surface area contributed by atoms with E-state index in [1.54, 1.807) is 21.1 Å². The molecule has 1 aromatic carbocycles. The lowest BCUT2D eigenvalue weighted by atomic mass is 9.86. The monoisotopic (exact) mass is 293 g/mol. The molecule has 118 valence electrons. The number of carbonyl (C=O) groups is 1. The molecule has 21 heavy (non-hydrogen) atoms. The molecule has 0 saturated carbocycles. The van der Waals surface area contributed by atoms with Gasteiger partial charge in [-0.15, -0.1) is 0 Å². The lowest BCUT2D eigenvalue weighted by Crippen LogP contribution is -2.32. The van der Waals surface area contributed by atoms with E-state index in [1.807, 2.05) is 19.1 Å². The lowest BCUT2D eigenvalue weighted by Gasteiger charge is -2.23. The molecule has 1 N–H and O–H groups in total. The van der Waals surface area contributed by atoms with Gasteiger partial charge in [-0.1, -0.05) is 20.8 Å². The lowest BCUT2D eigenvalue weighted by molar-refractivity contribution is -0.118. The van der Waals surface area contributed by atoms with Crippen molar-refractivity contribution in [1.82, 2.24) is 5.32 Å². The van der Waals surface area contributed by atoms with Gasteiger partial charge in [0.25, 0.3) is 0 Å². The van der Waals surface area contributed by atoms with Gasteiger partial charge < -0.3 is 14.8 Å². The van der Waals surface area contributed by atoms with Crippen LogP contribution in [0.2, 0.25) is 0 Å². The Labute approximate surface area is 127 Å². The summed E-state index contributed by atoms with van der Waals surface area (Å²) in [5.41, 5.74) is 2.10. The van der Waals surface area contributed by atoms with Crippen LogP contribution in [0.3, 0.4) is 0 Å². The van der Waals surface area contributed by atoms with E-state index in [0.29, 0.717) is 6.54 Å². The molecule has 0 amide bonds. The van der Waals surface area contributed by atoms with E-state index in [-0.39, 0.29) is 17.2 Å². The molecule has 0 aliphatic heterocycles. The van der Waals surface area contributed by atoms with Gasteiger partial charge in [-0.25, -0.2) is 0 Å². The van der Waals surface area contributed by atoms with Crippen molar-refractivity contribution < 1.29 is 14.3 Å². The highest BCUT2D eigenvalue weighted by Gasteiger charge is 2.20. The first-order valence-corrected chi connectivity index (χ1v) is 7.20. The molecule has 0 bridgehead atoms. The summed E-state index contributed by atoms with van der Waals surface area (Å²) in [6, 6.07) is 3.89. The number of rotatable bonds is 6. The van der Waals surface area contributed by atoms with Crippen LogP contribution in [0, 0.1) is 0 Å². The van der Waals surface area contributed by atoms with Crippen LogP contribution in [-0.2, 0) is 16.8 Å². The van der Waals surface area contributed by atoms with Gasteiger partial charge in [0, 0.05) is 12.1 Å². The van der Waals surface area contributed by atoms with E-state index < -0.39 is 0 Å². The number of benzene rings is 1. The average molecular weight is 293 g/mol. The topological polar surface area (TPSA) is 47.6 Å². The van der Waals surface area contributed by atoms with Crippen LogP contribution in [0.25, 0.3) is 0 Å². The SMILES string of the molecule is COc1cc(C(C)(C)C)cc(OC)c1CN[C@@H](C)C(C)=O. The fourth-order valence-electron chi connectivity index (χ4n) is 1.99. The highest BCUT2D eigenvalue weighted by Crippen LogP contribution is 2.35. The number of hydrogen-bond donors (Lipinski definition) is 1. The molecular weight excluding hydrogens is 266 g/mol. The van der Waals surface area contributed by atoms with E-state index in [1.165, 1.54) is 0 Å². The van der Waals surface area contributed by atoms with Crippen LogP contribution >= 0.6 is 0 Å². The van der Waals surface area contributed by atoms with Crippen LogP contribution in [0.4, 0.5) is 0 Å². The maximum absolute atomic E-state index is 11.3. The van der Waals surface area contributed by atoms with Crippen molar-refractivity contribution in [2.24, 2.45) is 0 Å². The summed E-state index contributed by atoms with van der Waals surface area (Å²) in [7, 11) is 3.30. The minimum atomic E-state index is -0.193. The second kappa shape index (κ2) is 6.94. The summed E-state index contributed by atoms with van der Waals surface area (Å²) in [5, 5.41) is 3.20. The number of hydrogen-bond acceptors (Lipinski definition) is 4. The van der Waals surface area contributed by atoms with Crippen molar-refractivity contribution in [3.8, 4) is 11.5 Å².